The molecule has 33 heavy (non-hydrogen) atoms. The lowest BCUT2D eigenvalue weighted by Gasteiger charge is -2.32. The van der Waals surface area contributed by atoms with Crippen molar-refractivity contribution in [1.29, 1.82) is 0 Å². The molecule has 1 atom stereocenters. The van der Waals surface area contributed by atoms with E-state index in [2.05, 4.69) is 5.32 Å². The maximum absolute atomic E-state index is 13.5. The molecular formula is C25H35N3O4S. The van der Waals surface area contributed by atoms with Gasteiger partial charge in [-0.3, -0.25) is 13.9 Å². The van der Waals surface area contributed by atoms with Crippen LogP contribution in [-0.4, -0.2) is 50.5 Å². The Morgan fingerprint density at radius 1 is 1.03 bits per heavy atom. The van der Waals surface area contributed by atoms with E-state index in [1.165, 1.54) is 4.90 Å². The second-order valence-electron chi connectivity index (χ2n) is 8.38. The van der Waals surface area contributed by atoms with Crippen LogP contribution in [0.25, 0.3) is 0 Å². The highest BCUT2D eigenvalue weighted by Gasteiger charge is 2.30. The number of nitrogens with zero attached hydrogens (tertiary/aromatic N) is 2. The highest BCUT2D eigenvalue weighted by Crippen LogP contribution is 2.23. The van der Waals surface area contributed by atoms with Crippen LogP contribution >= 0.6 is 0 Å². The van der Waals surface area contributed by atoms with E-state index in [1.54, 1.807) is 32.0 Å². The third kappa shape index (κ3) is 7.60. The molecule has 0 saturated heterocycles. The summed E-state index contributed by atoms with van der Waals surface area (Å²) in [5.41, 5.74) is 3.14. The minimum atomic E-state index is -3.73. The van der Waals surface area contributed by atoms with Crippen molar-refractivity contribution in [2.24, 2.45) is 0 Å². The number of hydrogen-bond acceptors (Lipinski definition) is 4. The number of carbonyl (C=O) groups is 2. The number of hydrogen-bond donors (Lipinski definition) is 1. The van der Waals surface area contributed by atoms with Crippen LogP contribution < -0.4 is 9.62 Å². The number of para-hydroxylation sites is 1. The first-order valence-electron chi connectivity index (χ1n) is 11.2. The van der Waals surface area contributed by atoms with E-state index < -0.39 is 22.0 Å². The molecule has 2 amide bonds. The van der Waals surface area contributed by atoms with Gasteiger partial charge in [0, 0.05) is 13.1 Å². The van der Waals surface area contributed by atoms with Crippen LogP contribution in [0.2, 0.25) is 0 Å². The molecule has 0 bridgehead atoms. The molecule has 8 heteroatoms. The molecule has 0 aromatic heterocycles. The van der Waals surface area contributed by atoms with Gasteiger partial charge in [0.15, 0.2) is 0 Å². The maximum Gasteiger partial charge on any atom is 0.244 e. The molecule has 0 aliphatic carbocycles. The van der Waals surface area contributed by atoms with Gasteiger partial charge in [0.05, 0.1) is 11.9 Å². The molecule has 0 aliphatic heterocycles. The first-order valence-corrected chi connectivity index (χ1v) is 13.1. The molecular weight excluding hydrogens is 438 g/mol. The number of rotatable bonds is 11. The van der Waals surface area contributed by atoms with Gasteiger partial charge in [-0.05, 0) is 44.4 Å². The summed E-state index contributed by atoms with van der Waals surface area (Å²) in [6, 6.07) is 14.0. The monoisotopic (exact) mass is 473 g/mol. The van der Waals surface area contributed by atoms with Crippen molar-refractivity contribution < 1.29 is 18.0 Å². The van der Waals surface area contributed by atoms with Crippen molar-refractivity contribution >= 4 is 27.5 Å². The van der Waals surface area contributed by atoms with Crippen LogP contribution in [0.15, 0.2) is 48.5 Å². The van der Waals surface area contributed by atoms with E-state index in [0.29, 0.717) is 12.2 Å². The summed E-state index contributed by atoms with van der Waals surface area (Å²) < 4.78 is 26.3. The fourth-order valence-electron chi connectivity index (χ4n) is 3.45. The van der Waals surface area contributed by atoms with Gasteiger partial charge in [0.1, 0.15) is 12.6 Å². The van der Waals surface area contributed by atoms with Crippen molar-refractivity contribution in [3.05, 3.63) is 65.2 Å². The van der Waals surface area contributed by atoms with Crippen LogP contribution in [0.1, 0.15) is 43.4 Å². The zero-order valence-corrected chi connectivity index (χ0v) is 21.0. The van der Waals surface area contributed by atoms with Crippen molar-refractivity contribution in [3.8, 4) is 0 Å². The van der Waals surface area contributed by atoms with Crippen LogP contribution in [-0.2, 0) is 26.2 Å². The summed E-state index contributed by atoms with van der Waals surface area (Å²) in [5, 5.41) is 2.87. The number of aryl methyl sites for hydroxylation is 2. The lowest BCUT2D eigenvalue weighted by atomic mass is 10.1. The van der Waals surface area contributed by atoms with Crippen molar-refractivity contribution in [2.45, 2.75) is 53.1 Å². The fraction of sp³-hybridized carbons (Fsp3) is 0.440. The van der Waals surface area contributed by atoms with E-state index in [4.69, 9.17) is 0 Å². The average molecular weight is 474 g/mol. The lowest BCUT2D eigenvalue weighted by Crippen LogP contribution is -2.51. The number of carbonyl (C=O) groups excluding carboxylic acids is 2. The number of amides is 2. The molecule has 0 aliphatic rings. The molecule has 1 N–H and O–H groups in total. The molecule has 1 unspecified atom stereocenters. The Bertz CT molecular complexity index is 1050. The molecule has 2 aromatic carbocycles. The second-order valence-corrected chi connectivity index (χ2v) is 10.3. The number of unbranched alkanes of at least 4 members (excludes halogenated alkanes) is 1. The van der Waals surface area contributed by atoms with Crippen LogP contribution in [0.4, 0.5) is 5.69 Å². The van der Waals surface area contributed by atoms with Crippen molar-refractivity contribution in [2.75, 3.05) is 23.7 Å². The Hall–Kier alpha value is -2.87. The summed E-state index contributed by atoms with van der Waals surface area (Å²) in [6.45, 7) is 7.83. The van der Waals surface area contributed by atoms with Crippen LogP contribution in [0.3, 0.4) is 0 Å². The highest BCUT2D eigenvalue weighted by atomic mass is 32.2. The van der Waals surface area contributed by atoms with Gasteiger partial charge in [-0.2, -0.15) is 0 Å². The van der Waals surface area contributed by atoms with E-state index in [0.717, 1.165) is 40.1 Å². The summed E-state index contributed by atoms with van der Waals surface area (Å²) in [7, 11) is -3.73. The van der Waals surface area contributed by atoms with Crippen molar-refractivity contribution in [3.63, 3.8) is 0 Å². The van der Waals surface area contributed by atoms with Crippen LogP contribution in [0, 0.1) is 13.8 Å². The van der Waals surface area contributed by atoms with Gasteiger partial charge in [-0.1, -0.05) is 61.4 Å². The standard InChI is InChI=1S/C25H35N3O4S/c1-6-7-16-26-25(30)21(4)27(17-22-14-12-19(2)13-15-22)24(29)18-28(33(5,31)32)23-11-9-8-10-20(23)3/h8-15,21H,6-7,16-18H2,1-5H3,(H,26,30). The summed E-state index contributed by atoms with van der Waals surface area (Å²) in [6.07, 6.45) is 2.87. The largest absolute Gasteiger partial charge is 0.354 e. The zero-order chi connectivity index (χ0) is 24.6. The van der Waals surface area contributed by atoms with E-state index in [1.807, 2.05) is 44.2 Å². The lowest BCUT2D eigenvalue weighted by molar-refractivity contribution is -0.139. The first-order chi connectivity index (χ1) is 15.5. The maximum atomic E-state index is 13.5. The first kappa shape index (κ1) is 26.4. The van der Waals surface area contributed by atoms with Crippen LogP contribution in [0.5, 0.6) is 0 Å². The zero-order valence-electron chi connectivity index (χ0n) is 20.2. The topological polar surface area (TPSA) is 86.8 Å². The van der Waals surface area contributed by atoms with Gasteiger partial charge < -0.3 is 10.2 Å². The molecule has 180 valence electrons. The molecule has 0 heterocycles. The minimum Gasteiger partial charge on any atom is -0.354 e. The van der Waals surface area contributed by atoms with Gasteiger partial charge >= 0.3 is 0 Å². The molecule has 0 saturated carbocycles. The van der Waals surface area contributed by atoms with E-state index >= 15 is 0 Å². The molecule has 2 aromatic rings. The molecule has 0 radical (unpaired) electrons. The van der Waals surface area contributed by atoms with Gasteiger partial charge in [-0.25, -0.2) is 8.42 Å². The predicted molar refractivity (Wildman–Crippen MR) is 132 cm³/mol. The Labute approximate surface area is 197 Å². The number of benzene rings is 2. The van der Waals surface area contributed by atoms with E-state index in [9.17, 15) is 18.0 Å². The predicted octanol–water partition coefficient (Wildman–Crippen LogP) is 3.40. The summed E-state index contributed by atoms with van der Waals surface area (Å²) in [4.78, 5) is 27.7. The smallest absolute Gasteiger partial charge is 0.244 e. The SMILES string of the molecule is CCCCNC(=O)C(C)N(Cc1ccc(C)cc1)C(=O)CN(c1ccccc1C)S(C)(=O)=O. The van der Waals surface area contributed by atoms with Gasteiger partial charge in [0.2, 0.25) is 21.8 Å². The fourth-order valence-corrected chi connectivity index (χ4v) is 4.35. The van der Waals surface area contributed by atoms with Gasteiger partial charge in [0.25, 0.3) is 0 Å². The average Bonchev–Trinajstić information content (AvgIpc) is 2.76. The molecule has 0 spiro atoms. The quantitative estimate of drug-likeness (QED) is 0.507. The van der Waals surface area contributed by atoms with E-state index in [-0.39, 0.29) is 19.0 Å². The summed E-state index contributed by atoms with van der Waals surface area (Å²) >= 11 is 0. The molecule has 2 rings (SSSR count). The Kier molecular flexibility index (Phi) is 9.46. The molecule has 7 nitrogen and oxygen atoms in total. The number of anilines is 1. The number of sulfonamides is 1. The minimum absolute atomic E-state index is 0.201. The second kappa shape index (κ2) is 11.8. The summed E-state index contributed by atoms with van der Waals surface area (Å²) in [5.74, 6) is -0.701. The highest BCUT2D eigenvalue weighted by molar-refractivity contribution is 7.92. The Balaban J connectivity index is 2.34. The number of nitrogens with one attached hydrogen (secondary N) is 1. The third-order valence-electron chi connectivity index (χ3n) is 5.53. The normalized spacial score (nSPS) is 12.2. The molecule has 0 fully saturated rings. The Morgan fingerprint density at radius 2 is 1.67 bits per heavy atom. The van der Waals surface area contributed by atoms with Crippen molar-refractivity contribution in [1.82, 2.24) is 10.2 Å². The Morgan fingerprint density at radius 3 is 2.24 bits per heavy atom. The van der Waals surface area contributed by atoms with Gasteiger partial charge in [-0.15, -0.1) is 0 Å². The third-order valence-corrected chi connectivity index (χ3v) is 6.66.